The molecule has 2 unspecified atom stereocenters. The Hall–Kier alpha value is -1.22. The summed E-state index contributed by atoms with van der Waals surface area (Å²) in [5, 5.41) is 28.5. The highest BCUT2D eigenvalue weighted by Crippen LogP contribution is 2.22. The SMILES string of the molecule is CC(O)OC(C)N(CCC(N)=O)C(=O)[C@H](O)C(C)(C)CO. The molecule has 21 heavy (non-hydrogen) atoms. The van der Waals surface area contributed by atoms with Crippen molar-refractivity contribution in [3.05, 3.63) is 0 Å². The Morgan fingerprint density at radius 3 is 2.19 bits per heavy atom. The van der Waals surface area contributed by atoms with E-state index in [0.29, 0.717) is 0 Å². The number of amides is 2. The van der Waals surface area contributed by atoms with E-state index in [-0.39, 0.29) is 13.0 Å². The first-order valence-corrected chi connectivity index (χ1v) is 6.74. The highest BCUT2D eigenvalue weighted by molar-refractivity contribution is 5.82. The van der Waals surface area contributed by atoms with E-state index in [0.717, 1.165) is 4.90 Å². The molecule has 0 rings (SSSR count). The Kier molecular flexibility index (Phi) is 7.80. The Morgan fingerprint density at radius 2 is 1.81 bits per heavy atom. The summed E-state index contributed by atoms with van der Waals surface area (Å²) in [6.45, 7) is 5.49. The monoisotopic (exact) mass is 306 g/mol. The van der Waals surface area contributed by atoms with Gasteiger partial charge < -0.3 is 30.7 Å². The Balaban J connectivity index is 5.09. The molecule has 3 atom stereocenters. The second-order valence-electron chi connectivity index (χ2n) is 5.63. The zero-order valence-electron chi connectivity index (χ0n) is 12.9. The molecule has 0 aliphatic rings. The van der Waals surface area contributed by atoms with E-state index in [2.05, 4.69) is 0 Å². The van der Waals surface area contributed by atoms with Crippen LogP contribution in [0.5, 0.6) is 0 Å². The normalized spacial score (nSPS) is 16.1. The molecule has 0 aromatic carbocycles. The molecular weight excluding hydrogens is 280 g/mol. The van der Waals surface area contributed by atoms with Crippen LogP contribution in [0, 0.1) is 5.41 Å². The van der Waals surface area contributed by atoms with E-state index in [9.17, 15) is 24.9 Å². The van der Waals surface area contributed by atoms with Gasteiger partial charge in [-0.2, -0.15) is 0 Å². The average Bonchev–Trinajstić information content (AvgIpc) is 2.36. The van der Waals surface area contributed by atoms with Gasteiger partial charge in [0.15, 0.2) is 6.29 Å². The number of nitrogens with two attached hydrogens (primary N) is 1. The van der Waals surface area contributed by atoms with Gasteiger partial charge in [0.1, 0.15) is 12.3 Å². The van der Waals surface area contributed by atoms with Crippen molar-refractivity contribution >= 4 is 11.8 Å². The zero-order chi connectivity index (χ0) is 16.8. The number of rotatable bonds is 9. The van der Waals surface area contributed by atoms with Gasteiger partial charge in [0.2, 0.25) is 5.91 Å². The van der Waals surface area contributed by atoms with Crippen molar-refractivity contribution in [2.45, 2.75) is 52.7 Å². The van der Waals surface area contributed by atoms with Crippen molar-refractivity contribution in [3.8, 4) is 0 Å². The summed E-state index contributed by atoms with van der Waals surface area (Å²) in [6.07, 6.45) is -3.56. The molecular formula is C13H26N2O6. The molecule has 2 amide bonds. The molecule has 0 heterocycles. The van der Waals surface area contributed by atoms with Crippen molar-refractivity contribution in [2.75, 3.05) is 13.2 Å². The maximum atomic E-state index is 12.3. The second kappa shape index (κ2) is 8.28. The largest absolute Gasteiger partial charge is 0.396 e. The van der Waals surface area contributed by atoms with Crippen LogP contribution >= 0.6 is 0 Å². The Labute approximate surface area is 124 Å². The maximum Gasteiger partial charge on any atom is 0.254 e. The third kappa shape index (κ3) is 6.38. The minimum atomic E-state index is -1.48. The molecule has 0 fully saturated rings. The minimum Gasteiger partial charge on any atom is -0.396 e. The molecule has 0 radical (unpaired) electrons. The standard InChI is InChI=1S/C13H26N2O6/c1-8(21-9(2)17)15(6-5-10(14)18)12(20)11(19)13(3,4)7-16/h8-9,11,16-17,19H,5-7H2,1-4H3,(H2,14,18)/t8?,9?,11-/m0/s1. The van der Waals surface area contributed by atoms with Gasteiger partial charge in [-0.1, -0.05) is 13.8 Å². The third-order valence-electron chi connectivity index (χ3n) is 3.10. The van der Waals surface area contributed by atoms with Crippen LogP contribution in [0.15, 0.2) is 0 Å². The van der Waals surface area contributed by atoms with Crippen molar-refractivity contribution < 1.29 is 29.6 Å². The lowest BCUT2D eigenvalue weighted by Crippen LogP contribution is -2.52. The highest BCUT2D eigenvalue weighted by Gasteiger charge is 2.37. The van der Waals surface area contributed by atoms with Crippen molar-refractivity contribution in [3.63, 3.8) is 0 Å². The first kappa shape index (κ1) is 19.8. The summed E-state index contributed by atoms with van der Waals surface area (Å²) in [7, 11) is 0. The lowest BCUT2D eigenvalue weighted by Gasteiger charge is -2.35. The molecule has 0 aromatic heterocycles. The van der Waals surface area contributed by atoms with E-state index < -0.39 is 42.5 Å². The molecule has 8 nitrogen and oxygen atoms in total. The fourth-order valence-electron chi connectivity index (χ4n) is 1.64. The molecule has 0 saturated heterocycles. The minimum absolute atomic E-state index is 0.0549. The summed E-state index contributed by atoms with van der Waals surface area (Å²) in [5.74, 6) is -1.31. The molecule has 0 saturated carbocycles. The van der Waals surface area contributed by atoms with Crippen LogP contribution in [0.3, 0.4) is 0 Å². The van der Waals surface area contributed by atoms with Gasteiger partial charge in [0.25, 0.3) is 5.91 Å². The van der Waals surface area contributed by atoms with E-state index in [1.807, 2.05) is 0 Å². The quantitative estimate of drug-likeness (QED) is 0.394. The summed E-state index contributed by atoms with van der Waals surface area (Å²) in [5.41, 5.74) is 4.01. The summed E-state index contributed by atoms with van der Waals surface area (Å²) in [6, 6.07) is 0. The van der Waals surface area contributed by atoms with Crippen LogP contribution in [-0.2, 0) is 14.3 Å². The average molecular weight is 306 g/mol. The van der Waals surface area contributed by atoms with Crippen molar-refractivity contribution in [1.29, 1.82) is 0 Å². The molecule has 0 aliphatic heterocycles. The predicted molar refractivity (Wildman–Crippen MR) is 74.6 cm³/mol. The number of ether oxygens (including phenoxy) is 1. The van der Waals surface area contributed by atoms with Crippen LogP contribution in [-0.4, -0.2) is 63.8 Å². The molecule has 0 bridgehead atoms. The van der Waals surface area contributed by atoms with Gasteiger partial charge >= 0.3 is 0 Å². The first-order valence-electron chi connectivity index (χ1n) is 6.74. The lowest BCUT2D eigenvalue weighted by molar-refractivity contribution is -0.186. The number of aliphatic hydroxyl groups excluding tert-OH is 3. The molecule has 0 spiro atoms. The summed E-state index contributed by atoms with van der Waals surface area (Å²) >= 11 is 0. The Bertz CT molecular complexity index is 359. The van der Waals surface area contributed by atoms with Gasteiger partial charge in [0, 0.05) is 18.4 Å². The van der Waals surface area contributed by atoms with Gasteiger partial charge in [-0.15, -0.1) is 0 Å². The summed E-state index contributed by atoms with van der Waals surface area (Å²) in [4.78, 5) is 24.3. The number of hydrogen-bond donors (Lipinski definition) is 4. The van der Waals surface area contributed by atoms with Crippen LogP contribution in [0.4, 0.5) is 0 Å². The van der Waals surface area contributed by atoms with Gasteiger partial charge in [0.05, 0.1) is 6.61 Å². The fourth-order valence-corrected chi connectivity index (χ4v) is 1.64. The molecule has 0 aliphatic carbocycles. The smallest absolute Gasteiger partial charge is 0.254 e. The van der Waals surface area contributed by atoms with E-state index in [1.54, 1.807) is 0 Å². The molecule has 8 heteroatoms. The van der Waals surface area contributed by atoms with Crippen LogP contribution in [0.1, 0.15) is 34.1 Å². The van der Waals surface area contributed by atoms with Gasteiger partial charge in [-0.3, -0.25) is 9.59 Å². The van der Waals surface area contributed by atoms with Crippen molar-refractivity contribution in [2.24, 2.45) is 11.1 Å². The number of hydrogen-bond acceptors (Lipinski definition) is 6. The number of carbonyl (C=O) groups is 2. The number of nitrogens with zero attached hydrogens (tertiary/aromatic N) is 1. The van der Waals surface area contributed by atoms with E-state index in [4.69, 9.17) is 10.5 Å². The molecule has 124 valence electrons. The Morgan fingerprint density at radius 1 is 1.29 bits per heavy atom. The van der Waals surface area contributed by atoms with E-state index >= 15 is 0 Å². The summed E-state index contributed by atoms with van der Waals surface area (Å²) < 4.78 is 5.10. The third-order valence-corrected chi connectivity index (χ3v) is 3.10. The number of aliphatic hydroxyl groups is 3. The second-order valence-corrected chi connectivity index (χ2v) is 5.63. The fraction of sp³-hybridized carbons (Fsp3) is 0.846. The number of primary amides is 1. The van der Waals surface area contributed by atoms with Crippen LogP contribution in [0.2, 0.25) is 0 Å². The van der Waals surface area contributed by atoms with Gasteiger partial charge in [-0.05, 0) is 13.8 Å². The first-order chi connectivity index (χ1) is 9.52. The van der Waals surface area contributed by atoms with Crippen LogP contribution in [0.25, 0.3) is 0 Å². The maximum absolute atomic E-state index is 12.3. The van der Waals surface area contributed by atoms with Crippen LogP contribution < -0.4 is 5.73 Å². The zero-order valence-corrected chi connectivity index (χ0v) is 12.9. The van der Waals surface area contributed by atoms with Gasteiger partial charge in [-0.25, -0.2) is 0 Å². The highest BCUT2D eigenvalue weighted by atomic mass is 16.6. The predicted octanol–water partition coefficient (Wildman–Crippen LogP) is -1.23. The molecule has 5 N–H and O–H groups in total. The van der Waals surface area contributed by atoms with E-state index in [1.165, 1.54) is 27.7 Å². The lowest BCUT2D eigenvalue weighted by atomic mass is 9.86. The van der Waals surface area contributed by atoms with Crippen molar-refractivity contribution in [1.82, 2.24) is 4.90 Å². The molecule has 0 aromatic rings. The topological polar surface area (TPSA) is 133 Å². The number of carbonyl (C=O) groups excluding carboxylic acids is 2.